The summed E-state index contributed by atoms with van der Waals surface area (Å²) in [6.07, 6.45) is 7.44. The van der Waals surface area contributed by atoms with Crippen LogP contribution in [0.15, 0.2) is 30.6 Å². The van der Waals surface area contributed by atoms with Crippen molar-refractivity contribution in [3.63, 3.8) is 0 Å². The van der Waals surface area contributed by atoms with Gasteiger partial charge in [0.25, 0.3) is 5.91 Å². The zero-order chi connectivity index (χ0) is 19.3. The van der Waals surface area contributed by atoms with Gasteiger partial charge in [-0.1, -0.05) is 18.9 Å². The molecular formula is C20H21FN6O. The molecule has 28 heavy (non-hydrogen) atoms. The molecule has 3 aromatic heterocycles. The van der Waals surface area contributed by atoms with E-state index in [1.165, 1.54) is 0 Å². The van der Waals surface area contributed by atoms with E-state index in [1.54, 1.807) is 6.20 Å². The van der Waals surface area contributed by atoms with E-state index in [0.717, 1.165) is 31.3 Å². The standard InChI is InChI=1S/C20H21FN6O/c21-17-11-9-24-20(28)16(11)18(14-10-23-15-7-3-4-8-27(14)15)26-19(17)25-13-6-2-1-5-12(13)22/h3-4,7-8,10,12-13H,1-2,5-6,9,22H2,(H,24,28)(H,25,26)/t12-,13+/m0/s1. The Morgan fingerprint density at radius 3 is 3.00 bits per heavy atom. The number of fused-ring (bicyclic) bond motifs is 2. The lowest BCUT2D eigenvalue weighted by atomic mass is 9.91. The highest BCUT2D eigenvalue weighted by molar-refractivity contribution is 6.04. The van der Waals surface area contributed by atoms with Crippen molar-refractivity contribution in [1.29, 1.82) is 0 Å². The molecule has 2 aliphatic rings. The molecule has 0 spiro atoms. The summed E-state index contributed by atoms with van der Waals surface area (Å²) in [7, 11) is 0. The number of pyridine rings is 2. The van der Waals surface area contributed by atoms with E-state index in [0.29, 0.717) is 17.0 Å². The summed E-state index contributed by atoms with van der Waals surface area (Å²) in [5.74, 6) is -0.648. The van der Waals surface area contributed by atoms with Gasteiger partial charge < -0.3 is 16.4 Å². The minimum absolute atomic E-state index is 0.0334. The second kappa shape index (κ2) is 6.56. The number of hydrogen-bond acceptors (Lipinski definition) is 5. The topological polar surface area (TPSA) is 97.3 Å². The third kappa shape index (κ3) is 2.63. The highest BCUT2D eigenvalue weighted by atomic mass is 19.1. The first-order valence-corrected chi connectivity index (χ1v) is 9.58. The first-order valence-electron chi connectivity index (χ1n) is 9.58. The van der Waals surface area contributed by atoms with Crippen molar-refractivity contribution in [2.24, 2.45) is 5.73 Å². The highest BCUT2D eigenvalue weighted by Gasteiger charge is 2.32. The van der Waals surface area contributed by atoms with Crippen LogP contribution in [0.3, 0.4) is 0 Å². The summed E-state index contributed by atoms with van der Waals surface area (Å²) in [5, 5.41) is 5.93. The lowest BCUT2D eigenvalue weighted by Crippen LogP contribution is -2.43. The molecule has 4 heterocycles. The summed E-state index contributed by atoms with van der Waals surface area (Å²) in [4.78, 5) is 21.4. The number of nitrogens with two attached hydrogens (primary N) is 1. The van der Waals surface area contributed by atoms with Gasteiger partial charge in [-0.05, 0) is 25.0 Å². The minimum atomic E-state index is -0.483. The molecule has 1 amide bonds. The quantitative estimate of drug-likeness (QED) is 0.649. The van der Waals surface area contributed by atoms with E-state index >= 15 is 4.39 Å². The SMILES string of the molecule is N[C@H]1CCCC[C@H]1Nc1nc(-c2cnc3ccccn23)c2c(c1F)CNC2=O. The average Bonchev–Trinajstić information content (AvgIpc) is 3.30. The maximum absolute atomic E-state index is 15.2. The molecule has 144 valence electrons. The minimum Gasteiger partial charge on any atom is -0.363 e. The fraction of sp³-hybridized carbons (Fsp3) is 0.350. The van der Waals surface area contributed by atoms with E-state index < -0.39 is 5.82 Å². The maximum atomic E-state index is 15.2. The molecule has 1 aliphatic heterocycles. The molecule has 1 fully saturated rings. The lowest BCUT2D eigenvalue weighted by molar-refractivity contribution is 0.0966. The molecule has 0 saturated heterocycles. The van der Waals surface area contributed by atoms with Crippen LogP contribution < -0.4 is 16.4 Å². The van der Waals surface area contributed by atoms with Gasteiger partial charge in [-0.25, -0.2) is 14.4 Å². The van der Waals surface area contributed by atoms with Crippen LogP contribution in [0.1, 0.15) is 41.6 Å². The Morgan fingerprint density at radius 2 is 2.14 bits per heavy atom. The highest BCUT2D eigenvalue weighted by Crippen LogP contribution is 2.34. The van der Waals surface area contributed by atoms with Crippen molar-refractivity contribution in [1.82, 2.24) is 19.7 Å². The normalized spacial score (nSPS) is 21.6. The fourth-order valence-electron chi connectivity index (χ4n) is 4.18. The van der Waals surface area contributed by atoms with E-state index in [2.05, 4.69) is 20.6 Å². The number of hydrogen-bond donors (Lipinski definition) is 3. The molecule has 3 aromatic rings. The molecule has 4 N–H and O–H groups in total. The van der Waals surface area contributed by atoms with Crippen molar-refractivity contribution < 1.29 is 9.18 Å². The van der Waals surface area contributed by atoms with Crippen LogP contribution in [0.2, 0.25) is 0 Å². The van der Waals surface area contributed by atoms with Gasteiger partial charge in [0.15, 0.2) is 11.6 Å². The van der Waals surface area contributed by atoms with Crippen molar-refractivity contribution in [3.8, 4) is 11.4 Å². The van der Waals surface area contributed by atoms with Crippen LogP contribution in [0.5, 0.6) is 0 Å². The molecule has 0 unspecified atom stereocenters. The summed E-state index contributed by atoms with van der Waals surface area (Å²) in [6.45, 7) is 0.150. The van der Waals surface area contributed by atoms with Crippen molar-refractivity contribution in [3.05, 3.63) is 47.5 Å². The molecule has 8 heteroatoms. The number of carbonyl (C=O) groups is 1. The van der Waals surface area contributed by atoms with Crippen LogP contribution in [-0.4, -0.2) is 32.4 Å². The van der Waals surface area contributed by atoms with Crippen LogP contribution in [0.4, 0.5) is 10.2 Å². The number of nitrogens with one attached hydrogen (secondary N) is 2. The Kier molecular flexibility index (Phi) is 4.01. The summed E-state index contributed by atoms with van der Waals surface area (Å²) >= 11 is 0. The maximum Gasteiger partial charge on any atom is 0.254 e. The molecule has 0 radical (unpaired) electrons. The van der Waals surface area contributed by atoms with Gasteiger partial charge in [0.1, 0.15) is 11.3 Å². The van der Waals surface area contributed by atoms with Gasteiger partial charge in [0.2, 0.25) is 0 Å². The number of anilines is 1. The molecule has 1 aliphatic carbocycles. The lowest BCUT2D eigenvalue weighted by Gasteiger charge is -2.30. The number of amides is 1. The summed E-state index contributed by atoms with van der Waals surface area (Å²) < 4.78 is 17.0. The van der Waals surface area contributed by atoms with Crippen molar-refractivity contribution in [2.45, 2.75) is 44.3 Å². The molecule has 0 aromatic carbocycles. The van der Waals surface area contributed by atoms with E-state index in [-0.39, 0.29) is 35.9 Å². The van der Waals surface area contributed by atoms with E-state index in [1.807, 2.05) is 28.8 Å². The number of rotatable bonds is 3. The molecule has 5 rings (SSSR count). The summed E-state index contributed by atoms with van der Waals surface area (Å²) in [6, 6.07) is 5.56. The molecule has 1 saturated carbocycles. The monoisotopic (exact) mass is 380 g/mol. The number of carbonyl (C=O) groups excluding carboxylic acids is 1. The number of imidazole rings is 1. The van der Waals surface area contributed by atoms with E-state index in [4.69, 9.17) is 5.73 Å². The average molecular weight is 380 g/mol. The first-order chi connectivity index (χ1) is 13.6. The van der Waals surface area contributed by atoms with Gasteiger partial charge in [0.05, 0.1) is 17.5 Å². The largest absolute Gasteiger partial charge is 0.363 e. The summed E-state index contributed by atoms with van der Waals surface area (Å²) in [5.41, 5.74) is 8.66. The third-order valence-corrected chi connectivity index (χ3v) is 5.69. The number of halogens is 1. The number of nitrogens with zero attached hydrogens (tertiary/aromatic N) is 3. The second-order valence-electron chi connectivity index (χ2n) is 7.43. The Bertz CT molecular complexity index is 1080. The van der Waals surface area contributed by atoms with Crippen LogP contribution in [0, 0.1) is 5.82 Å². The van der Waals surface area contributed by atoms with Crippen molar-refractivity contribution >= 4 is 17.4 Å². The molecule has 2 atom stereocenters. The smallest absolute Gasteiger partial charge is 0.254 e. The van der Waals surface area contributed by atoms with Crippen LogP contribution >= 0.6 is 0 Å². The third-order valence-electron chi connectivity index (χ3n) is 5.69. The number of aromatic nitrogens is 3. The van der Waals surface area contributed by atoms with Gasteiger partial charge in [-0.3, -0.25) is 9.20 Å². The predicted molar refractivity (Wildman–Crippen MR) is 103 cm³/mol. The molecule has 0 bridgehead atoms. The van der Waals surface area contributed by atoms with Gasteiger partial charge in [-0.15, -0.1) is 0 Å². The zero-order valence-electron chi connectivity index (χ0n) is 15.3. The fourth-order valence-corrected chi connectivity index (χ4v) is 4.18. The van der Waals surface area contributed by atoms with Crippen molar-refractivity contribution in [2.75, 3.05) is 5.32 Å². The van der Waals surface area contributed by atoms with Gasteiger partial charge in [-0.2, -0.15) is 0 Å². The zero-order valence-corrected chi connectivity index (χ0v) is 15.3. The predicted octanol–water partition coefficient (Wildman–Crippen LogP) is 2.46. The van der Waals surface area contributed by atoms with Gasteiger partial charge in [0, 0.05) is 30.4 Å². The second-order valence-corrected chi connectivity index (χ2v) is 7.43. The Morgan fingerprint density at radius 1 is 1.29 bits per heavy atom. The van der Waals surface area contributed by atoms with Crippen LogP contribution in [0.25, 0.3) is 17.0 Å². The molecular weight excluding hydrogens is 359 g/mol. The van der Waals surface area contributed by atoms with Crippen LogP contribution in [-0.2, 0) is 6.54 Å². The Balaban J connectivity index is 1.66. The van der Waals surface area contributed by atoms with Gasteiger partial charge >= 0.3 is 0 Å². The molecule has 7 nitrogen and oxygen atoms in total. The Labute approximate surface area is 161 Å². The first kappa shape index (κ1) is 17.1. The van der Waals surface area contributed by atoms with E-state index in [9.17, 15) is 4.79 Å². The Hall–Kier alpha value is -3.00.